The van der Waals surface area contributed by atoms with E-state index in [-0.39, 0.29) is 10.8 Å². The van der Waals surface area contributed by atoms with Crippen molar-refractivity contribution in [3.63, 3.8) is 0 Å². The summed E-state index contributed by atoms with van der Waals surface area (Å²) in [5.74, 6) is -1.21. The van der Waals surface area contributed by atoms with Crippen LogP contribution in [0.4, 0.5) is 0 Å². The summed E-state index contributed by atoms with van der Waals surface area (Å²) < 4.78 is 1.90. The number of carboxylic acids is 1. The number of carboxylic acid groups (broad SMARTS) is 1. The number of nitrogens with zero attached hydrogens (tertiary/aromatic N) is 2. The van der Waals surface area contributed by atoms with E-state index in [0.29, 0.717) is 10.2 Å². The molecule has 0 unspecified atom stereocenters. The van der Waals surface area contributed by atoms with Gasteiger partial charge in [-0.05, 0) is 6.07 Å². The van der Waals surface area contributed by atoms with Crippen LogP contribution in [0.3, 0.4) is 0 Å². The smallest absolute Gasteiger partial charge is 0.345 e. The number of carbonyl (C=O) groups excluding carboxylic acids is 1. The minimum Gasteiger partial charge on any atom is -0.477 e. The summed E-state index contributed by atoms with van der Waals surface area (Å²) in [5.41, 5.74) is 0.555. The van der Waals surface area contributed by atoms with Gasteiger partial charge in [0.1, 0.15) is 4.88 Å². The molecule has 0 radical (unpaired) electrons. The van der Waals surface area contributed by atoms with Gasteiger partial charge < -0.3 is 5.11 Å². The van der Waals surface area contributed by atoms with Crippen LogP contribution in [0.25, 0.3) is 10.2 Å². The Morgan fingerprint density at radius 2 is 2.29 bits per heavy atom. The quantitative estimate of drug-likeness (QED) is 0.773. The van der Waals surface area contributed by atoms with Crippen molar-refractivity contribution in [3.8, 4) is 0 Å². The first-order valence-electron chi connectivity index (χ1n) is 3.81. The SMILES string of the molecule is CC(=O)n1ncc2sc(C(=O)O)cc21. The molecule has 5 nitrogen and oxygen atoms in total. The van der Waals surface area contributed by atoms with Gasteiger partial charge in [0.25, 0.3) is 0 Å². The van der Waals surface area contributed by atoms with E-state index in [2.05, 4.69) is 5.10 Å². The summed E-state index contributed by atoms with van der Waals surface area (Å²) in [6, 6.07) is 1.46. The van der Waals surface area contributed by atoms with Gasteiger partial charge in [0.05, 0.1) is 16.4 Å². The van der Waals surface area contributed by atoms with Crippen molar-refractivity contribution in [2.24, 2.45) is 0 Å². The topological polar surface area (TPSA) is 72.2 Å². The first-order chi connectivity index (χ1) is 6.59. The Morgan fingerprint density at radius 1 is 1.57 bits per heavy atom. The van der Waals surface area contributed by atoms with Crippen molar-refractivity contribution < 1.29 is 14.7 Å². The molecule has 2 aromatic rings. The number of hydrogen-bond acceptors (Lipinski definition) is 4. The molecule has 14 heavy (non-hydrogen) atoms. The van der Waals surface area contributed by atoms with Gasteiger partial charge in [-0.25, -0.2) is 4.79 Å². The molecule has 0 saturated heterocycles. The van der Waals surface area contributed by atoms with Crippen molar-refractivity contribution in [2.45, 2.75) is 6.92 Å². The maximum absolute atomic E-state index is 11.1. The minimum atomic E-state index is -0.985. The highest BCUT2D eigenvalue weighted by Gasteiger charge is 2.13. The fourth-order valence-corrected chi connectivity index (χ4v) is 2.03. The van der Waals surface area contributed by atoms with E-state index in [4.69, 9.17) is 5.11 Å². The van der Waals surface area contributed by atoms with Crippen LogP contribution in [0.5, 0.6) is 0 Å². The second-order valence-corrected chi connectivity index (χ2v) is 3.82. The van der Waals surface area contributed by atoms with Gasteiger partial charge in [-0.3, -0.25) is 4.79 Å². The van der Waals surface area contributed by atoms with Gasteiger partial charge in [0.15, 0.2) is 0 Å². The number of rotatable bonds is 1. The first kappa shape index (κ1) is 8.89. The van der Waals surface area contributed by atoms with Gasteiger partial charge in [-0.2, -0.15) is 9.78 Å². The third kappa shape index (κ3) is 1.20. The molecule has 0 saturated carbocycles. The molecule has 1 N–H and O–H groups in total. The Kier molecular flexibility index (Phi) is 1.85. The van der Waals surface area contributed by atoms with E-state index in [1.807, 2.05) is 0 Å². The Morgan fingerprint density at radius 3 is 2.86 bits per heavy atom. The molecular formula is C8H6N2O3S. The number of hydrogen-bond donors (Lipinski definition) is 1. The summed E-state index contributed by atoms with van der Waals surface area (Å²) in [6.45, 7) is 1.38. The number of aromatic nitrogens is 2. The standard InChI is InChI=1S/C8H6N2O3S/c1-4(11)10-5-2-6(8(12)13)14-7(5)3-9-10/h2-3H,1H3,(H,12,13). The van der Waals surface area contributed by atoms with Crippen molar-refractivity contribution >= 4 is 33.4 Å². The average Bonchev–Trinajstić information content (AvgIpc) is 2.58. The van der Waals surface area contributed by atoms with Crippen LogP contribution >= 0.6 is 11.3 Å². The van der Waals surface area contributed by atoms with Crippen LogP contribution < -0.4 is 0 Å². The fraction of sp³-hybridized carbons (Fsp3) is 0.125. The van der Waals surface area contributed by atoms with E-state index in [1.165, 1.54) is 23.9 Å². The molecule has 0 atom stereocenters. The van der Waals surface area contributed by atoms with Gasteiger partial charge in [0, 0.05) is 6.92 Å². The summed E-state index contributed by atoms with van der Waals surface area (Å²) in [6.07, 6.45) is 1.49. The van der Waals surface area contributed by atoms with Crippen molar-refractivity contribution in [1.82, 2.24) is 9.78 Å². The molecule has 2 aromatic heterocycles. The highest BCUT2D eigenvalue weighted by molar-refractivity contribution is 7.20. The lowest BCUT2D eigenvalue weighted by molar-refractivity contribution is 0.0701. The highest BCUT2D eigenvalue weighted by Crippen LogP contribution is 2.25. The fourth-order valence-electron chi connectivity index (χ4n) is 1.18. The lowest BCUT2D eigenvalue weighted by atomic mass is 10.4. The summed E-state index contributed by atoms with van der Waals surface area (Å²) in [5, 5.41) is 12.6. The predicted octanol–water partition coefficient (Wildman–Crippen LogP) is 1.46. The van der Waals surface area contributed by atoms with E-state index < -0.39 is 5.97 Å². The summed E-state index contributed by atoms with van der Waals surface area (Å²) in [7, 11) is 0. The average molecular weight is 210 g/mol. The zero-order valence-corrected chi connectivity index (χ0v) is 8.04. The third-order valence-corrected chi connectivity index (χ3v) is 2.81. The Labute approximate surface area is 82.6 Å². The molecule has 0 aliphatic carbocycles. The van der Waals surface area contributed by atoms with E-state index >= 15 is 0 Å². The molecule has 72 valence electrons. The molecule has 6 heteroatoms. The maximum atomic E-state index is 11.1. The van der Waals surface area contributed by atoms with E-state index in [1.54, 1.807) is 0 Å². The lowest BCUT2D eigenvalue weighted by Gasteiger charge is -1.91. The zero-order valence-electron chi connectivity index (χ0n) is 7.22. The van der Waals surface area contributed by atoms with Crippen molar-refractivity contribution in [1.29, 1.82) is 0 Å². The van der Waals surface area contributed by atoms with Crippen LogP contribution in [0.2, 0.25) is 0 Å². The van der Waals surface area contributed by atoms with Gasteiger partial charge >= 0.3 is 5.97 Å². The Hall–Kier alpha value is -1.69. The van der Waals surface area contributed by atoms with Crippen LogP contribution in [0, 0.1) is 0 Å². The third-order valence-electron chi connectivity index (χ3n) is 1.77. The molecule has 2 heterocycles. The maximum Gasteiger partial charge on any atom is 0.345 e. The van der Waals surface area contributed by atoms with Crippen LogP contribution in [0.1, 0.15) is 21.4 Å². The van der Waals surface area contributed by atoms with E-state index in [9.17, 15) is 9.59 Å². The molecule has 0 bridgehead atoms. The molecule has 0 spiro atoms. The van der Waals surface area contributed by atoms with Crippen LogP contribution in [-0.2, 0) is 0 Å². The number of aromatic carboxylic acids is 1. The van der Waals surface area contributed by atoms with Crippen molar-refractivity contribution in [3.05, 3.63) is 17.1 Å². The molecule has 0 fully saturated rings. The molecular weight excluding hydrogens is 204 g/mol. The normalized spacial score (nSPS) is 10.6. The number of carbonyl (C=O) groups is 2. The second-order valence-electron chi connectivity index (χ2n) is 2.74. The van der Waals surface area contributed by atoms with E-state index in [0.717, 1.165) is 11.3 Å². The van der Waals surface area contributed by atoms with Crippen molar-refractivity contribution in [2.75, 3.05) is 0 Å². The molecule has 0 aliphatic heterocycles. The summed E-state index contributed by atoms with van der Waals surface area (Å²) >= 11 is 1.11. The molecule has 2 rings (SSSR count). The number of fused-ring (bicyclic) bond motifs is 1. The Bertz CT molecular complexity index is 526. The number of thiophene rings is 1. The monoisotopic (exact) mass is 210 g/mol. The van der Waals surface area contributed by atoms with Gasteiger partial charge in [0.2, 0.25) is 5.91 Å². The predicted molar refractivity (Wildman–Crippen MR) is 50.9 cm³/mol. The zero-order chi connectivity index (χ0) is 10.3. The first-order valence-corrected chi connectivity index (χ1v) is 4.63. The Balaban J connectivity index is 2.67. The molecule has 0 amide bonds. The lowest BCUT2D eigenvalue weighted by Crippen LogP contribution is -2.06. The second kappa shape index (κ2) is 2.91. The van der Waals surface area contributed by atoms with Gasteiger partial charge in [-0.1, -0.05) is 0 Å². The van der Waals surface area contributed by atoms with Crippen LogP contribution in [-0.4, -0.2) is 26.8 Å². The molecule has 0 aromatic carbocycles. The minimum absolute atomic E-state index is 0.215. The van der Waals surface area contributed by atoms with Gasteiger partial charge in [-0.15, -0.1) is 11.3 Å². The highest BCUT2D eigenvalue weighted by atomic mass is 32.1. The largest absolute Gasteiger partial charge is 0.477 e. The molecule has 0 aliphatic rings. The van der Waals surface area contributed by atoms with Crippen LogP contribution in [0.15, 0.2) is 12.3 Å². The summed E-state index contributed by atoms with van der Waals surface area (Å²) in [4.78, 5) is 21.9.